The average molecular weight is 269 g/mol. The molecule has 0 unspecified atom stereocenters. The number of piperidine rings is 1. The summed E-state index contributed by atoms with van der Waals surface area (Å²) in [5, 5.41) is 3.43. The molecule has 1 fully saturated rings. The molecule has 1 aromatic carbocycles. The number of benzene rings is 1. The van der Waals surface area contributed by atoms with Crippen molar-refractivity contribution in [3.8, 4) is 0 Å². The minimum atomic E-state index is 0. The Labute approximate surface area is 117 Å². The second-order valence-corrected chi connectivity index (χ2v) is 4.90. The van der Waals surface area contributed by atoms with Crippen LogP contribution in [-0.4, -0.2) is 26.2 Å². The van der Waals surface area contributed by atoms with E-state index >= 15 is 0 Å². The lowest BCUT2D eigenvalue weighted by atomic mass is 9.94. The van der Waals surface area contributed by atoms with E-state index < -0.39 is 0 Å². The standard InChI is InChI=1S/C15H24N2.ClH/c1-2-17(15-6-4-3-5-7-15)13-10-14-8-11-16-12-9-14;/h3-7,14,16H,2,8-13H2,1H3;1H. The first-order valence-corrected chi connectivity index (χ1v) is 6.91. The summed E-state index contributed by atoms with van der Waals surface area (Å²) in [6.45, 7) is 6.97. The highest BCUT2D eigenvalue weighted by Gasteiger charge is 2.14. The first-order valence-electron chi connectivity index (χ1n) is 6.91. The van der Waals surface area contributed by atoms with Crippen molar-refractivity contribution in [2.45, 2.75) is 26.2 Å². The van der Waals surface area contributed by atoms with Gasteiger partial charge in [-0.2, -0.15) is 0 Å². The van der Waals surface area contributed by atoms with Gasteiger partial charge in [-0.05, 0) is 57.3 Å². The lowest BCUT2D eigenvalue weighted by molar-refractivity contribution is 0.355. The Hall–Kier alpha value is -0.730. The molecule has 0 radical (unpaired) electrons. The molecule has 0 aromatic heterocycles. The number of nitrogens with one attached hydrogen (secondary N) is 1. The Balaban J connectivity index is 0.00000162. The number of anilines is 1. The molecule has 18 heavy (non-hydrogen) atoms. The highest BCUT2D eigenvalue weighted by Crippen LogP contribution is 2.19. The van der Waals surface area contributed by atoms with Crippen molar-refractivity contribution < 1.29 is 0 Å². The summed E-state index contributed by atoms with van der Waals surface area (Å²) in [4.78, 5) is 2.49. The fourth-order valence-corrected chi connectivity index (χ4v) is 2.62. The molecular weight excluding hydrogens is 244 g/mol. The van der Waals surface area contributed by atoms with Gasteiger partial charge in [0.2, 0.25) is 0 Å². The predicted molar refractivity (Wildman–Crippen MR) is 81.8 cm³/mol. The molecule has 2 rings (SSSR count). The molecule has 2 nitrogen and oxygen atoms in total. The lowest BCUT2D eigenvalue weighted by Gasteiger charge is -2.28. The summed E-state index contributed by atoms with van der Waals surface area (Å²) >= 11 is 0. The number of para-hydroxylation sites is 1. The molecular formula is C15H25ClN2. The van der Waals surface area contributed by atoms with Gasteiger partial charge in [-0.3, -0.25) is 0 Å². The van der Waals surface area contributed by atoms with E-state index in [0.717, 1.165) is 12.5 Å². The van der Waals surface area contributed by atoms with Crippen LogP contribution in [0.2, 0.25) is 0 Å². The molecule has 0 saturated carbocycles. The molecule has 0 aliphatic carbocycles. The predicted octanol–water partition coefficient (Wildman–Crippen LogP) is 3.32. The maximum Gasteiger partial charge on any atom is 0.0366 e. The summed E-state index contributed by atoms with van der Waals surface area (Å²) in [5.74, 6) is 0.925. The monoisotopic (exact) mass is 268 g/mol. The molecule has 102 valence electrons. The van der Waals surface area contributed by atoms with Crippen molar-refractivity contribution in [3.63, 3.8) is 0 Å². The van der Waals surface area contributed by atoms with Gasteiger partial charge in [0.1, 0.15) is 0 Å². The third-order valence-corrected chi connectivity index (χ3v) is 3.77. The molecule has 1 saturated heterocycles. The van der Waals surface area contributed by atoms with Crippen LogP contribution in [0.1, 0.15) is 26.2 Å². The van der Waals surface area contributed by atoms with Gasteiger partial charge in [-0.15, -0.1) is 12.4 Å². The number of hydrogen-bond acceptors (Lipinski definition) is 2. The molecule has 0 amide bonds. The molecule has 1 heterocycles. The Morgan fingerprint density at radius 2 is 1.83 bits per heavy atom. The maximum absolute atomic E-state index is 3.43. The first-order chi connectivity index (χ1) is 8.40. The summed E-state index contributed by atoms with van der Waals surface area (Å²) in [7, 11) is 0. The molecule has 1 aromatic rings. The summed E-state index contributed by atoms with van der Waals surface area (Å²) < 4.78 is 0. The van der Waals surface area contributed by atoms with Crippen LogP contribution in [0, 0.1) is 5.92 Å². The van der Waals surface area contributed by atoms with Crippen molar-refractivity contribution in [1.29, 1.82) is 0 Å². The number of nitrogens with zero attached hydrogens (tertiary/aromatic N) is 1. The van der Waals surface area contributed by atoms with Gasteiger partial charge in [-0.1, -0.05) is 18.2 Å². The summed E-state index contributed by atoms with van der Waals surface area (Å²) in [6.07, 6.45) is 4.04. The molecule has 0 spiro atoms. The number of halogens is 1. The van der Waals surface area contributed by atoms with Crippen molar-refractivity contribution in [1.82, 2.24) is 5.32 Å². The minimum absolute atomic E-state index is 0. The largest absolute Gasteiger partial charge is 0.372 e. The van der Waals surface area contributed by atoms with Gasteiger partial charge in [0.05, 0.1) is 0 Å². The Bertz CT molecular complexity index is 310. The zero-order valence-corrected chi connectivity index (χ0v) is 12.1. The SMILES string of the molecule is CCN(CCC1CCNCC1)c1ccccc1.Cl. The van der Waals surface area contributed by atoms with E-state index in [1.165, 1.54) is 44.6 Å². The molecule has 1 aliphatic heterocycles. The lowest BCUT2D eigenvalue weighted by Crippen LogP contribution is -2.31. The smallest absolute Gasteiger partial charge is 0.0366 e. The zero-order valence-electron chi connectivity index (χ0n) is 11.3. The molecule has 0 atom stereocenters. The molecule has 1 N–H and O–H groups in total. The first kappa shape index (κ1) is 15.3. The van der Waals surface area contributed by atoms with Crippen LogP contribution in [0.15, 0.2) is 30.3 Å². The summed E-state index contributed by atoms with van der Waals surface area (Å²) in [5.41, 5.74) is 1.36. The van der Waals surface area contributed by atoms with Crippen LogP contribution in [0.3, 0.4) is 0 Å². The third-order valence-electron chi connectivity index (χ3n) is 3.77. The van der Waals surface area contributed by atoms with E-state index in [9.17, 15) is 0 Å². The minimum Gasteiger partial charge on any atom is -0.372 e. The fraction of sp³-hybridized carbons (Fsp3) is 0.600. The third kappa shape index (κ3) is 4.51. The highest BCUT2D eigenvalue weighted by molar-refractivity contribution is 5.85. The molecule has 0 bridgehead atoms. The van der Waals surface area contributed by atoms with E-state index in [1.807, 2.05) is 0 Å². The average Bonchev–Trinajstić information content (AvgIpc) is 2.42. The van der Waals surface area contributed by atoms with Gasteiger partial charge in [-0.25, -0.2) is 0 Å². The number of rotatable bonds is 5. The van der Waals surface area contributed by atoms with Crippen molar-refractivity contribution in [3.05, 3.63) is 30.3 Å². The van der Waals surface area contributed by atoms with Crippen LogP contribution in [0.4, 0.5) is 5.69 Å². The van der Waals surface area contributed by atoms with Gasteiger partial charge >= 0.3 is 0 Å². The normalized spacial score (nSPS) is 16.1. The molecule has 1 aliphatic rings. The molecule has 3 heteroatoms. The van der Waals surface area contributed by atoms with Crippen molar-refractivity contribution in [2.75, 3.05) is 31.1 Å². The zero-order chi connectivity index (χ0) is 11.9. The summed E-state index contributed by atoms with van der Waals surface area (Å²) in [6, 6.07) is 10.8. The van der Waals surface area contributed by atoms with Crippen LogP contribution >= 0.6 is 12.4 Å². The Morgan fingerprint density at radius 3 is 2.44 bits per heavy atom. The Morgan fingerprint density at radius 1 is 1.17 bits per heavy atom. The van der Waals surface area contributed by atoms with Gasteiger partial charge < -0.3 is 10.2 Å². The maximum atomic E-state index is 3.43. The van der Waals surface area contributed by atoms with E-state index in [0.29, 0.717) is 0 Å². The topological polar surface area (TPSA) is 15.3 Å². The van der Waals surface area contributed by atoms with Crippen molar-refractivity contribution in [2.24, 2.45) is 5.92 Å². The van der Waals surface area contributed by atoms with Crippen LogP contribution < -0.4 is 10.2 Å². The second kappa shape index (κ2) is 8.39. The van der Waals surface area contributed by atoms with Gasteiger partial charge in [0.15, 0.2) is 0 Å². The van der Waals surface area contributed by atoms with Gasteiger partial charge in [0, 0.05) is 18.8 Å². The fourth-order valence-electron chi connectivity index (χ4n) is 2.62. The van der Waals surface area contributed by atoms with Crippen LogP contribution in [0.5, 0.6) is 0 Å². The Kier molecular flexibility index (Phi) is 7.14. The van der Waals surface area contributed by atoms with Gasteiger partial charge in [0.25, 0.3) is 0 Å². The van der Waals surface area contributed by atoms with Crippen LogP contribution in [-0.2, 0) is 0 Å². The van der Waals surface area contributed by atoms with Crippen LogP contribution in [0.25, 0.3) is 0 Å². The number of hydrogen-bond donors (Lipinski definition) is 1. The van der Waals surface area contributed by atoms with E-state index in [4.69, 9.17) is 0 Å². The van der Waals surface area contributed by atoms with Crippen molar-refractivity contribution >= 4 is 18.1 Å². The highest BCUT2D eigenvalue weighted by atomic mass is 35.5. The van der Waals surface area contributed by atoms with E-state index in [2.05, 4.69) is 47.5 Å². The quantitative estimate of drug-likeness (QED) is 0.881. The van der Waals surface area contributed by atoms with E-state index in [1.54, 1.807) is 0 Å². The second-order valence-electron chi connectivity index (χ2n) is 4.90. The van der Waals surface area contributed by atoms with E-state index in [-0.39, 0.29) is 12.4 Å².